The summed E-state index contributed by atoms with van der Waals surface area (Å²) in [7, 11) is 1.56. The summed E-state index contributed by atoms with van der Waals surface area (Å²) >= 11 is 0. The van der Waals surface area contributed by atoms with Crippen LogP contribution in [0, 0.1) is 0 Å². The standard InChI is InChI=1S/C17H17N3.C4H7NO.H2/c1-2-6-13(7-3-1)16-12-19-17-15(16)10-14(11-18-17)20-8-4-5-9-20;1-3-4(6)5-2;/h1-3,6-7,10-12H,4-5,8-9H2,(H,18,19);3H,1H2,2H3,(H,5,6);1H. The first-order valence-corrected chi connectivity index (χ1v) is 8.84. The average Bonchev–Trinajstić information content (AvgIpc) is 3.38. The zero-order valence-corrected chi connectivity index (χ0v) is 15.0. The topological polar surface area (TPSA) is 61.0 Å². The van der Waals surface area contributed by atoms with E-state index in [1.807, 2.05) is 12.3 Å². The molecule has 3 heterocycles. The molecule has 2 aromatic heterocycles. The first kappa shape index (κ1) is 17.7. The quantitative estimate of drug-likeness (QED) is 0.702. The van der Waals surface area contributed by atoms with Gasteiger partial charge in [-0.15, -0.1) is 0 Å². The number of aromatic amines is 1. The van der Waals surface area contributed by atoms with E-state index in [0.29, 0.717) is 0 Å². The Balaban J connectivity index is 0.000000329. The number of nitrogens with one attached hydrogen (secondary N) is 2. The highest BCUT2D eigenvalue weighted by Crippen LogP contribution is 2.31. The van der Waals surface area contributed by atoms with Crippen LogP contribution >= 0.6 is 0 Å². The van der Waals surface area contributed by atoms with Crippen molar-refractivity contribution < 1.29 is 6.22 Å². The van der Waals surface area contributed by atoms with Gasteiger partial charge in [0.05, 0.1) is 11.9 Å². The van der Waals surface area contributed by atoms with E-state index in [9.17, 15) is 4.79 Å². The fraction of sp³-hybridized carbons (Fsp3) is 0.238. The Hall–Kier alpha value is -3.08. The second-order valence-corrected chi connectivity index (χ2v) is 6.17. The SMILES string of the molecule is C=CC(=O)NC.[HH].c1ccc(-c2c[nH]c3ncc(N4CCCC4)cc23)cc1. The van der Waals surface area contributed by atoms with E-state index in [4.69, 9.17) is 0 Å². The minimum absolute atomic E-state index is 0. The van der Waals surface area contributed by atoms with Gasteiger partial charge in [0.15, 0.2) is 0 Å². The Morgan fingerprint density at radius 1 is 1.31 bits per heavy atom. The van der Waals surface area contributed by atoms with E-state index >= 15 is 0 Å². The molecular weight excluding hydrogens is 324 g/mol. The fourth-order valence-electron chi connectivity index (χ4n) is 3.10. The summed E-state index contributed by atoms with van der Waals surface area (Å²) < 4.78 is 0. The van der Waals surface area contributed by atoms with Crippen molar-refractivity contribution >= 4 is 22.6 Å². The Morgan fingerprint density at radius 3 is 2.65 bits per heavy atom. The molecule has 26 heavy (non-hydrogen) atoms. The molecule has 1 amide bonds. The number of carbonyl (C=O) groups excluding carboxylic acids is 1. The van der Waals surface area contributed by atoms with Gasteiger partial charge in [0.25, 0.3) is 0 Å². The van der Waals surface area contributed by atoms with Gasteiger partial charge in [0.2, 0.25) is 5.91 Å². The lowest BCUT2D eigenvalue weighted by Gasteiger charge is -2.17. The van der Waals surface area contributed by atoms with E-state index in [1.165, 1.54) is 41.1 Å². The van der Waals surface area contributed by atoms with Crippen LogP contribution in [0.4, 0.5) is 5.69 Å². The Morgan fingerprint density at radius 2 is 2.04 bits per heavy atom. The minimum Gasteiger partial charge on any atom is -0.370 e. The van der Waals surface area contributed by atoms with Crippen molar-refractivity contribution in [1.82, 2.24) is 15.3 Å². The first-order valence-electron chi connectivity index (χ1n) is 8.84. The number of anilines is 1. The molecule has 4 rings (SSSR count). The summed E-state index contributed by atoms with van der Waals surface area (Å²) in [5.74, 6) is -0.144. The smallest absolute Gasteiger partial charge is 0.243 e. The van der Waals surface area contributed by atoms with Crippen LogP contribution in [0.1, 0.15) is 14.3 Å². The summed E-state index contributed by atoms with van der Waals surface area (Å²) in [4.78, 5) is 20.2. The van der Waals surface area contributed by atoms with Crippen molar-refractivity contribution in [3.8, 4) is 11.1 Å². The van der Waals surface area contributed by atoms with Crippen molar-refractivity contribution in [2.75, 3.05) is 25.0 Å². The molecule has 136 valence electrons. The molecule has 5 nitrogen and oxygen atoms in total. The largest absolute Gasteiger partial charge is 0.370 e. The molecule has 1 aromatic carbocycles. The van der Waals surface area contributed by atoms with Crippen molar-refractivity contribution in [3.05, 3.63) is 61.4 Å². The van der Waals surface area contributed by atoms with Crippen LogP contribution in [0.25, 0.3) is 22.2 Å². The molecule has 0 spiro atoms. The van der Waals surface area contributed by atoms with Crippen molar-refractivity contribution in [1.29, 1.82) is 0 Å². The monoisotopic (exact) mass is 350 g/mol. The number of carbonyl (C=O) groups is 1. The number of hydrogen-bond donors (Lipinski definition) is 2. The Bertz CT molecular complexity index is 886. The summed E-state index contributed by atoms with van der Waals surface area (Å²) in [6, 6.07) is 12.8. The first-order chi connectivity index (χ1) is 12.7. The highest BCUT2D eigenvalue weighted by molar-refractivity contribution is 5.95. The van der Waals surface area contributed by atoms with Gasteiger partial charge in [-0.1, -0.05) is 36.9 Å². The van der Waals surface area contributed by atoms with Crippen LogP contribution in [0.5, 0.6) is 0 Å². The lowest BCUT2D eigenvalue weighted by molar-refractivity contribution is -0.116. The second-order valence-electron chi connectivity index (χ2n) is 6.17. The third kappa shape index (κ3) is 3.94. The highest BCUT2D eigenvalue weighted by Gasteiger charge is 2.14. The number of aromatic nitrogens is 2. The molecule has 0 bridgehead atoms. The number of hydrogen-bond acceptors (Lipinski definition) is 3. The number of pyridine rings is 1. The molecule has 1 saturated heterocycles. The molecule has 0 atom stereocenters. The molecule has 0 unspecified atom stereocenters. The molecule has 3 aromatic rings. The average molecular weight is 350 g/mol. The van der Waals surface area contributed by atoms with Gasteiger partial charge in [0.1, 0.15) is 5.65 Å². The highest BCUT2D eigenvalue weighted by atomic mass is 16.1. The van der Waals surface area contributed by atoms with E-state index in [2.05, 4.69) is 63.3 Å². The molecular formula is C21H26N4O. The number of nitrogens with zero attached hydrogens (tertiary/aromatic N) is 2. The second kappa shape index (κ2) is 8.34. The molecule has 1 aliphatic rings. The molecule has 0 radical (unpaired) electrons. The molecule has 5 heteroatoms. The van der Waals surface area contributed by atoms with Crippen LogP contribution in [0.15, 0.2) is 61.4 Å². The normalized spacial score (nSPS) is 13.2. The number of amides is 1. The van der Waals surface area contributed by atoms with Gasteiger partial charge in [-0.25, -0.2) is 4.98 Å². The van der Waals surface area contributed by atoms with Gasteiger partial charge in [0, 0.05) is 38.7 Å². The van der Waals surface area contributed by atoms with Crippen LogP contribution in [-0.2, 0) is 4.79 Å². The van der Waals surface area contributed by atoms with E-state index in [1.54, 1.807) is 7.05 Å². The summed E-state index contributed by atoms with van der Waals surface area (Å²) in [6.07, 6.45) is 7.84. The Kier molecular flexibility index (Phi) is 5.69. The lowest BCUT2D eigenvalue weighted by Crippen LogP contribution is -2.17. The van der Waals surface area contributed by atoms with E-state index in [-0.39, 0.29) is 7.33 Å². The maximum absolute atomic E-state index is 9.95. The summed E-state index contributed by atoms with van der Waals surface area (Å²) in [5.41, 5.74) is 4.67. The number of H-pyrrole nitrogens is 1. The van der Waals surface area contributed by atoms with Gasteiger partial charge in [-0.05, 0) is 30.5 Å². The van der Waals surface area contributed by atoms with Crippen LogP contribution < -0.4 is 10.2 Å². The molecule has 0 saturated carbocycles. The van der Waals surface area contributed by atoms with Crippen molar-refractivity contribution in [2.45, 2.75) is 12.8 Å². The number of rotatable bonds is 3. The number of benzene rings is 1. The van der Waals surface area contributed by atoms with Crippen molar-refractivity contribution in [2.24, 2.45) is 0 Å². The zero-order valence-electron chi connectivity index (χ0n) is 15.0. The molecule has 1 aliphatic heterocycles. The van der Waals surface area contributed by atoms with E-state index in [0.717, 1.165) is 18.7 Å². The van der Waals surface area contributed by atoms with Gasteiger partial charge in [-0.3, -0.25) is 4.79 Å². The molecule has 1 fully saturated rings. The number of fused-ring (bicyclic) bond motifs is 1. The maximum atomic E-state index is 9.95. The number of likely N-dealkylation sites (N-methyl/N-ethyl adjacent to an activating group) is 1. The van der Waals surface area contributed by atoms with Crippen LogP contribution in [0.3, 0.4) is 0 Å². The predicted octanol–water partition coefficient (Wildman–Crippen LogP) is 3.99. The zero-order chi connectivity index (χ0) is 18.4. The molecule has 2 N–H and O–H groups in total. The fourth-order valence-corrected chi connectivity index (χ4v) is 3.10. The summed E-state index contributed by atoms with van der Waals surface area (Å²) in [6.45, 7) is 5.52. The summed E-state index contributed by atoms with van der Waals surface area (Å²) in [5, 5.41) is 3.57. The van der Waals surface area contributed by atoms with Gasteiger partial charge >= 0.3 is 0 Å². The van der Waals surface area contributed by atoms with E-state index < -0.39 is 0 Å². The lowest BCUT2D eigenvalue weighted by atomic mass is 10.1. The van der Waals surface area contributed by atoms with Crippen molar-refractivity contribution in [3.63, 3.8) is 0 Å². The minimum atomic E-state index is -0.144. The third-order valence-corrected chi connectivity index (χ3v) is 4.50. The van der Waals surface area contributed by atoms with Gasteiger partial charge in [-0.2, -0.15) is 0 Å². The molecule has 0 aliphatic carbocycles. The Labute approximate surface area is 155 Å². The van der Waals surface area contributed by atoms with Gasteiger partial charge < -0.3 is 15.2 Å². The predicted molar refractivity (Wildman–Crippen MR) is 109 cm³/mol. The van der Waals surface area contributed by atoms with Crippen LogP contribution in [-0.4, -0.2) is 36.0 Å². The third-order valence-electron chi connectivity index (χ3n) is 4.50. The van der Waals surface area contributed by atoms with Crippen LogP contribution in [0.2, 0.25) is 0 Å². The maximum Gasteiger partial charge on any atom is 0.243 e.